The lowest BCUT2D eigenvalue weighted by molar-refractivity contribution is -0.139. The first kappa shape index (κ1) is 23.2. The molecular formula is C22H32N4O5S. The Balaban J connectivity index is 0.000000230. The molecule has 4 heterocycles. The van der Waals surface area contributed by atoms with Crippen LogP contribution in [0.2, 0.25) is 0 Å². The fourth-order valence-corrected chi connectivity index (χ4v) is 5.31. The molecule has 4 fully saturated rings. The maximum atomic E-state index is 12.8. The Bertz CT molecular complexity index is 823. The molecular weight excluding hydrogens is 432 g/mol. The third kappa shape index (κ3) is 5.48. The molecule has 0 aromatic heterocycles. The summed E-state index contributed by atoms with van der Waals surface area (Å²) in [6, 6.07) is 8.96. The Hall–Kier alpha value is -2.01. The maximum Gasteiger partial charge on any atom is 0.320 e. The number of hydrogen-bond acceptors (Lipinski definition) is 5. The van der Waals surface area contributed by atoms with E-state index in [0.29, 0.717) is 18.0 Å². The highest BCUT2D eigenvalue weighted by Gasteiger charge is 2.42. The quantitative estimate of drug-likeness (QED) is 0.644. The van der Waals surface area contributed by atoms with Crippen molar-refractivity contribution >= 4 is 22.9 Å². The van der Waals surface area contributed by atoms with Gasteiger partial charge in [-0.3, -0.25) is 4.79 Å². The zero-order valence-corrected chi connectivity index (χ0v) is 19.1. The number of carbonyl (C=O) groups excluding carboxylic acids is 2. The Morgan fingerprint density at radius 2 is 1.88 bits per heavy atom. The first-order chi connectivity index (χ1) is 15.5. The number of morpholine rings is 1. The third-order valence-electron chi connectivity index (χ3n) is 6.70. The zero-order chi connectivity index (χ0) is 22.6. The Kier molecular flexibility index (Phi) is 7.44. The number of fused-ring (bicyclic) bond motifs is 1. The summed E-state index contributed by atoms with van der Waals surface area (Å²) < 4.78 is 22.0. The van der Waals surface area contributed by atoms with Crippen LogP contribution >= 0.6 is 0 Å². The summed E-state index contributed by atoms with van der Waals surface area (Å²) in [4.78, 5) is 28.7. The minimum Gasteiger partial charge on any atom is -0.375 e. The summed E-state index contributed by atoms with van der Waals surface area (Å²) in [5.41, 5.74) is 0.0367. The van der Waals surface area contributed by atoms with E-state index >= 15 is 0 Å². The van der Waals surface area contributed by atoms with E-state index in [1.807, 2.05) is 15.9 Å². The van der Waals surface area contributed by atoms with Gasteiger partial charge >= 0.3 is 6.03 Å². The van der Waals surface area contributed by atoms with Crippen LogP contribution in [0.1, 0.15) is 32.1 Å². The van der Waals surface area contributed by atoms with Crippen molar-refractivity contribution in [2.75, 3.05) is 39.4 Å². The van der Waals surface area contributed by atoms with Gasteiger partial charge in [-0.25, -0.2) is 14.1 Å². The number of piperidine rings is 2. The van der Waals surface area contributed by atoms with Crippen molar-refractivity contribution in [3.63, 3.8) is 0 Å². The molecule has 0 saturated carbocycles. The molecule has 1 unspecified atom stereocenters. The third-order valence-corrected chi connectivity index (χ3v) is 7.44. The second-order valence-electron chi connectivity index (χ2n) is 8.77. The van der Waals surface area contributed by atoms with E-state index in [4.69, 9.17) is 14.6 Å². The number of nitrogens with one attached hydrogen (secondary N) is 1. The van der Waals surface area contributed by atoms with Crippen molar-refractivity contribution in [1.82, 2.24) is 15.1 Å². The summed E-state index contributed by atoms with van der Waals surface area (Å²) in [5, 5.41) is 8.04. The van der Waals surface area contributed by atoms with Crippen molar-refractivity contribution in [2.24, 2.45) is 5.14 Å². The Labute approximate surface area is 191 Å². The van der Waals surface area contributed by atoms with Gasteiger partial charge in [-0.2, -0.15) is 0 Å². The number of urea groups is 1. The van der Waals surface area contributed by atoms with E-state index in [1.54, 1.807) is 24.3 Å². The van der Waals surface area contributed by atoms with Gasteiger partial charge < -0.3 is 24.6 Å². The van der Waals surface area contributed by atoms with Crippen LogP contribution < -0.4 is 10.5 Å². The molecule has 10 heteroatoms. The van der Waals surface area contributed by atoms with Gasteiger partial charge in [-0.05, 0) is 44.2 Å². The molecule has 3 atom stereocenters. The summed E-state index contributed by atoms with van der Waals surface area (Å²) in [6.07, 6.45) is 5.00. The highest BCUT2D eigenvalue weighted by Crippen LogP contribution is 2.36. The van der Waals surface area contributed by atoms with Gasteiger partial charge in [-0.15, -0.1) is 0 Å². The van der Waals surface area contributed by atoms with Gasteiger partial charge in [0.2, 0.25) is 5.91 Å². The minimum atomic E-state index is -1.33. The van der Waals surface area contributed by atoms with Crippen molar-refractivity contribution in [2.45, 2.75) is 54.7 Å². The molecule has 0 bridgehead atoms. The predicted octanol–water partition coefficient (Wildman–Crippen LogP) is 1.01. The lowest BCUT2D eigenvalue weighted by Crippen LogP contribution is -2.63. The van der Waals surface area contributed by atoms with Crippen LogP contribution in [0.4, 0.5) is 4.79 Å². The molecule has 5 rings (SSSR count). The average molecular weight is 465 g/mol. The van der Waals surface area contributed by atoms with Crippen molar-refractivity contribution < 1.29 is 23.3 Å². The van der Waals surface area contributed by atoms with Crippen LogP contribution in [0.15, 0.2) is 35.2 Å². The van der Waals surface area contributed by atoms with Gasteiger partial charge in [0.1, 0.15) is 17.6 Å². The predicted molar refractivity (Wildman–Crippen MR) is 119 cm³/mol. The monoisotopic (exact) mass is 464 g/mol. The zero-order valence-electron chi connectivity index (χ0n) is 18.2. The first-order valence-electron chi connectivity index (χ1n) is 11.3. The fourth-order valence-electron chi connectivity index (χ4n) is 4.88. The number of ether oxygens (including phenoxy) is 2. The maximum absolute atomic E-state index is 12.8. The second-order valence-corrected chi connectivity index (χ2v) is 9.84. The van der Waals surface area contributed by atoms with Crippen molar-refractivity contribution in [3.05, 3.63) is 30.3 Å². The van der Waals surface area contributed by atoms with Crippen LogP contribution in [0, 0.1) is 0 Å². The standard InChI is InChI=1S/C16H25N3O4.C6H7NOS/c20-14-11-22-13-2-6-19(10-12(13)17-14)15(21)18-7-4-16(5-8-18)3-1-9-23-16;7-9(8)6-4-2-1-3-5-6/h12-13H,1-11H2,(H,17,20);1-5H,7H2/t12-,13+;/m1./s1. The van der Waals surface area contributed by atoms with Crippen molar-refractivity contribution in [3.8, 4) is 0 Å². The summed E-state index contributed by atoms with van der Waals surface area (Å²) in [6.45, 7) is 3.80. The second kappa shape index (κ2) is 10.3. The number of benzene rings is 1. The van der Waals surface area contributed by atoms with Crippen LogP contribution in [0.25, 0.3) is 0 Å². The van der Waals surface area contributed by atoms with Crippen LogP contribution in [0.3, 0.4) is 0 Å². The average Bonchev–Trinajstić information content (AvgIpc) is 3.27. The molecule has 4 aliphatic heterocycles. The van der Waals surface area contributed by atoms with E-state index in [-0.39, 0.29) is 36.3 Å². The molecule has 0 aliphatic carbocycles. The number of amides is 3. The minimum absolute atomic E-state index is 0.0367. The highest BCUT2D eigenvalue weighted by molar-refractivity contribution is 7.82. The smallest absolute Gasteiger partial charge is 0.320 e. The number of carbonyl (C=O) groups is 2. The van der Waals surface area contributed by atoms with E-state index in [2.05, 4.69) is 5.32 Å². The van der Waals surface area contributed by atoms with E-state index in [9.17, 15) is 13.8 Å². The van der Waals surface area contributed by atoms with Gasteiger partial charge in [0.05, 0.1) is 22.6 Å². The molecule has 4 saturated heterocycles. The van der Waals surface area contributed by atoms with E-state index in [0.717, 1.165) is 51.8 Å². The van der Waals surface area contributed by atoms with Crippen LogP contribution in [-0.4, -0.2) is 83.1 Å². The number of rotatable bonds is 1. The fraction of sp³-hybridized carbons (Fsp3) is 0.636. The van der Waals surface area contributed by atoms with Crippen molar-refractivity contribution in [1.29, 1.82) is 0 Å². The van der Waals surface area contributed by atoms with Gasteiger partial charge in [0.25, 0.3) is 0 Å². The Morgan fingerprint density at radius 1 is 1.12 bits per heavy atom. The van der Waals surface area contributed by atoms with E-state index in [1.165, 1.54) is 0 Å². The van der Waals surface area contributed by atoms with Gasteiger partial charge in [-0.1, -0.05) is 18.2 Å². The first-order valence-corrected chi connectivity index (χ1v) is 12.5. The SMILES string of the molecule is NS(=O)c1ccccc1.O=C1CO[C@H]2CCN(C(=O)N3CCC4(CCCO4)CC3)C[C@H]2N1. The molecule has 1 spiro atoms. The molecule has 176 valence electrons. The lowest BCUT2D eigenvalue weighted by Gasteiger charge is -2.44. The van der Waals surface area contributed by atoms with E-state index < -0.39 is 11.0 Å². The molecule has 3 amide bonds. The topological polar surface area (TPSA) is 114 Å². The molecule has 32 heavy (non-hydrogen) atoms. The van der Waals surface area contributed by atoms with Gasteiger partial charge in [0, 0.05) is 32.8 Å². The number of nitrogens with two attached hydrogens (primary N) is 1. The molecule has 9 nitrogen and oxygen atoms in total. The number of likely N-dealkylation sites (tertiary alicyclic amines) is 2. The van der Waals surface area contributed by atoms with Crippen LogP contribution in [0.5, 0.6) is 0 Å². The molecule has 1 aromatic carbocycles. The van der Waals surface area contributed by atoms with Crippen LogP contribution in [-0.2, 0) is 25.3 Å². The molecule has 3 N–H and O–H groups in total. The molecule has 1 aromatic rings. The number of hydrogen-bond donors (Lipinski definition) is 2. The van der Waals surface area contributed by atoms with Gasteiger partial charge in [0.15, 0.2) is 0 Å². The summed E-state index contributed by atoms with van der Waals surface area (Å²) in [5.74, 6) is -0.0844. The molecule has 0 radical (unpaired) electrons. The largest absolute Gasteiger partial charge is 0.375 e. The molecule has 4 aliphatic rings. The summed E-state index contributed by atoms with van der Waals surface area (Å²) in [7, 11) is -1.33. The lowest BCUT2D eigenvalue weighted by atomic mass is 9.89. The highest BCUT2D eigenvalue weighted by atomic mass is 32.2. The number of nitrogens with zero attached hydrogens (tertiary/aromatic N) is 2. The Morgan fingerprint density at radius 3 is 2.50 bits per heavy atom. The normalized spacial score (nSPS) is 27.7. The summed E-state index contributed by atoms with van der Waals surface area (Å²) >= 11 is 0.